The molecule has 102 valence electrons. The van der Waals surface area contributed by atoms with Crippen molar-refractivity contribution >= 4 is 26.0 Å². The van der Waals surface area contributed by atoms with Crippen molar-refractivity contribution in [1.82, 2.24) is 10.0 Å². The molecular weight excluding hydrogens is 320 g/mol. The van der Waals surface area contributed by atoms with Gasteiger partial charge in [0.1, 0.15) is 0 Å². The lowest BCUT2D eigenvalue weighted by Gasteiger charge is -2.10. The van der Waals surface area contributed by atoms with Gasteiger partial charge in [-0.25, -0.2) is 13.1 Å². The quantitative estimate of drug-likeness (QED) is 0.731. The van der Waals surface area contributed by atoms with Crippen LogP contribution in [0.2, 0.25) is 0 Å². The smallest absolute Gasteiger partial charge is 0.241 e. The molecule has 1 aromatic rings. The second kappa shape index (κ2) is 7.20. The normalized spacial score (nSPS) is 11.7. The summed E-state index contributed by atoms with van der Waals surface area (Å²) in [5, 5.41) is 2.98. The summed E-state index contributed by atoms with van der Waals surface area (Å²) in [7, 11) is -0.171. The van der Waals surface area contributed by atoms with Crippen molar-refractivity contribution in [3.05, 3.63) is 28.2 Å². The number of ether oxygens (including phenoxy) is 1. The number of methoxy groups -OCH3 is 1. The Kier molecular flexibility index (Phi) is 6.24. The third-order valence-corrected chi connectivity index (χ3v) is 4.72. The van der Waals surface area contributed by atoms with Gasteiger partial charge in [-0.3, -0.25) is 0 Å². The van der Waals surface area contributed by atoms with Gasteiger partial charge in [-0.15, -0.1) is 0 Å². The highest BCUT2D eigenvalue weighted by atomic mass is 79.9. The monoisotopic (exact) mass is 336 g/mol. The topological polar surface area (TPSA) is 67.4 Å². The molecule has 7 heteroatoms. The van der Waals surface area contributed by atoms with E-state index in [2.05, 4.69) is 26.0 Å². The third kappa shape index (κ3) is 4.33. The fourth-order valence-electron chi connectivity index (χ4n) is 1.42. The molecule has 18 heavy (non-hydrogen) atoms. The van der Waals surface area contributed by atoms with Crippen LogP contribution in [0.1, 0.15) is 5.56 Å². The third-order valence-electron chi connectivity index (χ3n) is 2.26. The minimum Gasteiger partial charge on any atom is -0.383 e. The van der Waals surface area contributed by atoms with Crippen molar-refractivity contribution in [1.29, 1.82) is 0 Å². The zero-order valence-electron chi connectivity index (χ0n) is 10.4. The number of nitrogens with one attached hydrogen (secondary N) is 2. The van der Waals surface area contributed by atoms with Gasteiger partial charge in [0, 0.05) is 24.7 Å². The molecule has 0 heterocycles. The highest BCUT2D eigenvalue weighted by molar-refractivity contribution is 9.10. The maximum Gasteiger partial charge on any atom is 0.241 e. The van der Waals surface area contributed by atoms with E-state index in [0.29, 0.717) is 17.6 Å². The van der Waals surface area contributed by atoms with Crippen molar-refractivity contribution in [2.75, 3.05) is 27.3 Å². The van der Waals surface area contributed by atoms with Gasteiger partial charge in [0.05, 0.1) is 11.5 Å². The average Bonchev–Trinajstić information content (AvgIpc) is 2.32. The molecule has 1 rings (SSSR count). The largest absolute Gasteiger partial charge is 0.383 e. The van der Waals surface area contributed by atoms with Crippen LogP contribution in [0.3, 0.4) is 0 Å². The van der Waals surface area contributed by atoms with Crippen LogP contribution in [0, 0.1) is 0 Å². The van der Waals surface area contributed by atoms with E-state index in [1.165, 1.54) is 7.11 Å². The van der Waals surface area contributed by atoms with Crippen molar-refractivity contribution in [2.45, 2.75) is 11.4 Å². The van der Waals surface area contributed by atoms with Crippen LogP contribution in [0.15, 0.2) is 27.6 Å². The fourth-order valence-corrected chi connectivity index (χ4v) is 3.45. The second-order valence-electron chi connectivity index (χ2n) is 3.69. The Balaban J connectivity index is 2.95. The van der Waals surface area contributed by atoms with Crippen LogP contribution in [-0.2, 0) is 21.3 Å². The minimum absolute atomic E-state index is 0.242. The lowest BCUT2D eigenvalue weighted by molar-refractivity contribution is 0.204. The van der Waals surface area contributed by atoms with Crippen molar-refractivity contribution in [2.24, 2.45) is 0 Å². The van der Waals surface area contributed by atoms with Crippen molar-refractivity contribution < 1.29 is 13.2 Å². The van der Waals surface area contributed by atoms with E-state index in [0.717, 1.165) is 5.56 Å². The first kappa shape index (κ1) is 15.6. The minimum atomic E-state index is -3.51. The summed E-state index contributed by atoms with van der Waals surface area (Å²) >= 11 is 3.26. The Bertz CT molecular complexity index is 491. The van der Waals surface area contributed by atoms with E-state index in [4.69, 9.17) is 4.74 Å². The summed E-state index contributed by atoms with van der Waals surface area (Å²) < 4.78 is 32.0. The summed E-state index contributed by atoms with van der Waals surface area (Å²) in [6, 6.07) is 5.25. The lowest BCUT2D eigenvalue weighted by Crippen LogP contribution is -2.27. The van der Waals surface area contributed by atoms with Gasteiger partial charge in [-0.1, -0.05) is 6.07 Å². The molecule has 1 aromatic carbocycles. The number of benzene rings is 1. The van der Waals surface area contributed by atoms with Gasteiger partial charge in [-0.05, 0) is 40.7 Å². The number of rotatable bonds is 7. The Labute approximate surface area is 116 Å². The average molecular weight is 337 g/mol. The number of hydrogen-bond acceptors (Lipinski definition) is 4. The van der Waals surface area contributed by atoms with E-state index < -0.39 is 10.0 Å². The van der Waals surface area contributed by atoms with Crippen LogP contribution in [-0.4, -0.2) is 35.7 Å². The van der Waals surface area contributed by atoms with E-state index >= 15 is 0 Å². The maximum absolute atomic E-state index is 12.1. The zero-order valence-corrected chi connectivity index (χ0v) is 12.8. The molecule has 0 aliphatic rings. The van der Waals surface area contributed by atoms with Crippen molar-refractivity contribution in [3.63, 3.8) is 0 Å². The number of hydrogen-bond donors (Lipinski definition) is 2. The van der Waals surface area contributed by atoms with E-state index in [9.17, 15) is 8.42 Å². The number of sulfonamides is 1. The summed E-state index contributed by atoms with van der Waals surface area (Å²) in [5.41, 5.74) is 0.910. The molecule has 0 saturated heterocycles. The van der Waals surface area contributed by atoms with Gasteiger partial charge in [0.15, 0.2) is 0 Å². The molecule has 0 radical (unpaired) electrons. The summed E-state index contributed by atoms with van der Waals surface area (Å²) in [4.78, 5) is 0.242. The molecule has 0 saturated carbocycles. The molecule has 0 amide bonds. The van der Waals surface area contributed by atoms with E-state index in [1.807, 2.05) is 13.1 Å². The van der Waals surface area contributed by atoms with Gasteiger partial charge < -0.3 is 10.1 Å². The van der Waals surface area contributed by atoms with E-state index in [1.54, 1.807) is 12.1 Å². The first-order valence-corrected chi connectivity index (χ1v) is 7.70. The summed E-state index contributed by atoms with van der Waals surface area (Å²) in [5.74, 6) is 0. The van der Waals surface area contributed by atoms with Gasteiger partial charge in [0.2, 0.25) is 10.0 Å². The second-order valence-corrected chi connectivity index (χ2v) is 6.28. The molecule has 2 N–H and O–H groups in total. The Morgan fingerprint density at radius 3 is 2.72 bits per heavy atom. The van der Waals surface area contributed by atoms with Crippen LogP contribution in [0.5, 0.6) is 0 Å². The molecule has 0 aromatic heterocycles. The fraction of sp³-hybridized carbons (Fsp3) is 0.455. The molecule has 0 spiro atoms. The van der Waals surface area contributed by atoms with E-state index in [-0.39, 0.29) is 11.4 Å². The predicted octanol–water partition coefficient (Wildman–Crippen LogP) is 1.09. The van der Waals surface area contributed by atoms with Crippen molar-refractivity contribution in [3.8, 4) is 0 Å². The lowest BCUT2D eigenvalue weighted by atomic mass is 10.2. The zero-order chi connectivity index (χ0) is 13.6. The van der Waals surface area contributed by atoms with Gasteiger partial charge in [0.25, 0.3) is 0 Å². The molecule has 0 fully saturated rings. The van der Waals surface area contributed by atoms with Crippen LogP contribution >= 0.6 is 15.9 Å². The Hall–Kier alpha value is -0.470. The Morgan fingerprint density at radius 2 is 2.11 bits per heavy atom. The van der Waals surface area contributed by atoms with Crippen LogP contribution in [0.25, 0.3) is 0 Å². The van der Waals surface area contributed by atoms with Gasteiger partial charge in [-0.2, -0.15) is 0 Å². The highest BCUT2D eigenvalue weighted by Crippen LogP contribution is 2.23. The molecule has 0 bridgehead atoms. The molecule has 5 nitrogen and oxygen atoms in total. The van der Waals surface area contributed by atoms with Crippen LogP contribution < -0.4 is 10.0 Å². The highest BCUT2D eigenvalue weighted by Gasteiger charge is 2.17. The summed E-state index contributed by atoms with van der Waals surface area (Å²) in [6.45, 7) is 1.21. The standard InChI is InChI=1S/C11H17BrN2O3S/c1-13-8-9-3-4-10(12)11(7-9)18(15,16)14-5-6-17-2/h3-4,7,13-14H,5-6,8H2,1-2H3. The molecular formula is C11H17BrN2O3S. The maximum atomic E-state index is 12.1. The molecule has 0 unspecified atom stereocenters. The summed E-state index contributed by atoms with van der Waals surface area (Å²) in [6.07, 6.45) is 0. The molecule has 0 aliphatic heterocycles. The molecule has 0 aliphatic carbocycles. The SMILES string of the molecule is CNCc1ccc(Br)c(S(=O)(=O)NCCOC)c1. The predicted molar refractivity (Wildman–Crippen MR) is 74.0 cm³/mol. The Morgan fingerprint density at radius 1 is 1.39 bits per heavy atom. The molecule has 0 atom stereocenters. The van der Waals surface area contributed by atoms with Crippen LogP contribution in [0.4, 0.5) is 0 Å². The first-order valence-electron chi connectivity index (χ1n) is 5.43. The number of halogens is 1. The van der Waals surface area contributed by atoms with Gasteiger partial charge >= 0.3 is 0 Å². The first-order chi connectivity index (χ1) is 8.51.